The molecular weight excluding hydrogens is 178 g/mol. The summed E-state index contributed by atoms with van der Waals surface area (Å²) >= 11 is 0. The SMILES string of the molecule is CCC[C@@H](N)C(=O)OCC1CCCC1. The second kappa shape index (κ2) is 6.02. The Morgan fingerprint density at radius 3 is 2.71 bits per heavy atom. The van der Waals surface area contributed by atoms with E-state index in [9.17, 15) is 4.79 Å². The van der Waals surface area contributed by atoms with Crippen LogP contribution in [0.15, 0.2) is 0 Å². The lowest BCUT2D eigenvalue weighted by molar-refractivity contribution is -0.146. The Balaban J connectivity index is 2.13. The molecule has 0 aromatic heterocycles. The smallest absolute Gasteiger partial charge is 0.322 e. The maximum absolute atomic E-state index is 11.3. The number of carbonyl (C=O) groups is 1. The lowest BCUT2D eigenvalue weighted by Gasteiger charge is -2.13. The van der Waals surface area contributed by atoms with Crippen molar-refractivity contribution >= 4 is 5.97 Å². The monoisotopic (exact) mass is 199 g/mol. The summed E-state index contributed by atoms with van der Waals surface area (Å²) < 4.78 is 5.18. The first-order chi connectivity index (χ1) is 6.74. The summed E-state index contributed by atoms with van der Waals surface area (Å²) in [6.07, 6.45) is 6.63. The molecule has 0 bridgehead atoms. The van der Waals surface area contributed by atoms with Crippen molar-refractivity contribution in [1.82, 2.24) is 0 Å². The molecule has 0 radical (unpaired) electrons. The average molecular weight is 199 g/mol. The van der Waals surface area contributed by atoms with Crippen molar-refractivity contribution in [3.05, 3.63) is 0 Å². The number of ether oxygens (including phenoxy) is 1. The molecule has 1 saturated carbocycles. The third-order valence-electron chi connectivity index (χ3n) is 2.84. The Bertz CT molecular complexity index is 176. The molecule has 1 rings (SSSR count). The van der Waals surface area contributed by atoms with Crippen LogP contribution in [-0.2, 0) is 9.53 Å². The maximum Gasteiger partial charge on any atom is 0.322 e. The van der Waals surface area contributed by atoms with Gasteiger partial charge in [-0.1, -0.05) is 26.2 Å². The molecule has 14 heavy (non-hydrogen) atoms. The Morgan fingerprint density at radius 1 is 1.50 bits per heavy atom. The fourth-order valence-electron chi connectivity index (χ4n) is 1.91. The zero-order chi connectivity index (χ0) is 10.4. The second-order valence-corrected chi connectivity index (χ2v) is 4.18. The van der Waals surface area contributed by atoms with Crippen LogP contribution in [0, 0.1) is 5.92 Å². The van der Waals surface area contributed by atoms with Gasteiger partial charge in [-0.3, -0.25) is 4.79 Å². The van der Waals surface area contributed by atoms with Crippen LogP contribution in [0.1, 0.15) is 45.4 Å². The van der Waals surface area contributed by atoms with Gasteiger partial charge in [-0.2, -0.15) is 0 Å². The van der Waals surface area contributed by atoms with Gasteiger partial charge in [0.05, 0.1) is 6.61 Å². The number of esters is 1. The molecule has 82 valence electrons. The third kappa shape index (κ3) is 3.66. The standard InChI is InChI=1S/C11H21NO2/c1-2-5-10(12)11(13)14-8-9-6-3-4-7-9/h9-10H,2-8,12H2,1H3/t10-/m1/s1. The number of carbonyl (C=O) groups excluding carboxylic acids is 1. The molecule has 0 amide bonds. The van der Waals surface area contributed by atoms with Gasteiger partial charge in [-0.15, -0.1) is 0 Å². The van der Waals surface area contributed by atoms with Crippen molar-refractivity contribution in [2.24, 2.45) is 11.7 Å². The zero-order valence-corrected chi connectivity index (χ0v) is 9.00. The van der Waals surface area contributed by atoms with E-state index in [1.807, 2.05) is 6.92 Å². The summed E-state index contributed by atoms with van der Waals surface area (Å²) in [6, 6.07) is -0.415. The fourth-order valence-corrected chi connectivity index (χ4v) is 1.91. The molecule has 3 nitrogen and oxygen atoms in total. The zero-order valence-electron chi connectivity index (χ0n) is 9.00. The Kier molecular flexibility index (Phi) is 4.94. The highest BCUT2D eigenvalue weighted by atomic mass is 16.5. The van der Waals surface area contributed by atoms with Gasteiger partial charge in [0.25, 0.3) is 0 Å². The minimum atomic E-state index is -0.415. The van der Waals surface area contributed by atoms with E-state index in [0.29, 0.717) is 12.5 Å². The van der Waals surface area contributed by atoms with Crippen molar-refractivity contribution in [1.29, 1.82) is 0 Å². The molecule has 0 aromatic rings. The Hall–Kier alpha value is -0.570. The molecule has 0 unspecified atom stereocenters. The fraction of sp³-hybridized carbons (Fsp3) is 0.909. The van der Waals surface area contributed by atoms with E-state index < -0.39 is 6.04 Å². The van der Waals surface area contributed by atoms with Crippen LogP contribution in [0.3, 0.4) is 0 Å². The quantitative estimate of drug-likeness (QED) is 0.687. The molecule has 1 atom stereocenters. The molecule has 0 aromatic carbocycles. The number of hydrogen-bond donors (Lipinski definition) is 1. The van der Waals surface area contributed by atoms with Gasteiger partial charge in [0.15, 0.2) is 0 Å². The van der Waals surface area contributed by atoms with Gasteiger partial charge in [0.2, 0.25) is 0 Å². The van der Waals surface area contributed by atoms with E-state index in [-0.39, 0.29) is 5.97 Å². The molecule has 2 N–H and O–H groups in total. The molecule has 0 spiro atoms. The van der Waals surface area contributed by atoms with Crippen LogP contribution in [-0.4, -0.2) is 18.6 Å². The van der Waals surface area contributed by atoms with Crippen molar-refractivity contribution < 1.29 is 9.53 Å². The first-order valence-electron chi connectivity index (χ1n) is 5.66. The van der Waals surface area contributed by atoms with E-state index in [2.05, 4.69) is 0 Å². The summed E-state index contributed by atoms with van der Waals surface area (Å²) in [5, 5.41) is 0. The van der Waals surface area contributed by atoms with Gasteiger partial charge < -0.3 is 10.5 Å². The minimum absolute atomic E-state index is 0.223. The molecule has 1 aliphatic carbocycles. The molecular formula is C11H21NO2. The lowest BCUT2D eigenvalue weighted by Crippen LogP contribution is -2.33. The van der Waals surface area contributed by atoms with Crippen LogP contribution in [0.5, 0.6) is 0 Å². The number of hydrogen-bond acceptors (Lipinski definition) is 3. The molecule has 0 aliphatic heterocycles. The predicted octanol–water partition coefficient (Wildman–Crippen LogP) is 1.85. The number of nitrogens with two attached hydrogens (primary N) is 1. The highest BCUT2D eigenvalue weighted by Crippen LogP contribution is 2.24. The normalized spacial score (nSPS) is 19.6. The summed E-state index contributed by atoms with van der Waals surface area (Å²) in [5.41, 5.74) is 5.64. The minimum Gasteiger partial charge on any atom is -0.464 e. The van der Waals surface area contributed by atoms with Crippen molar-refractivity contribution in [3.8, 4) is 0 Å². The van der Waals surface area contributed by atoms with E-state index in [4.69, 9.17) is 10.5 Å². The van der Waals surface area contributed by atoms with E-state index in [0.717, 1.165) is 12.8 Å². The molecule has 0 heterocycles. The van der Waals surface area contributed by atoms with Crippen molar-refractivity contribution in [2.75, 3.05) is 6.61 Å². The van der Waals surface area contributed by atoms with Crippen LogP contribution < -0.4 is 5.73 Å². The summed E-state index contributed by atoms with van der Waals surface area (Å²) in [5.74, 6) is 0.367. The molecule has 1 aliphatic rings. The van der Waals surface area contributed by atoms with E-state index in [1.165, 1.54) is 25.7 Å². The van der Waals surface area contributed by atoms with Gasteiger partial charge in [-0.05, 0) is 25.2 Å². The summed E-state index contributed by atoms with van der Waals surface area (Å²) in [4.78, 5) is 11.3. The summed E-state index contributed by atoms with van der Waals surface area (Å²) in [6.45, 7) is 2.60. The van der Waals surface area contributed by atoms with Gasteiger partial charge in [0.1, 0.15) is 6.04 Å². The molecule has 1 fully saturated rings. The van der Waals surface area contributed by atoms with E-state index >= 15 is 0 Å². The lowest BCUT2D eigenvalue weighted by atomic mass is 10.1. The topological polar surface area (TPSA) is 52.3 Å². The van der Waals surface area contributed by atoms with Gasteiger partial charge >= 0.3 is 5.97 Å². The van der Waals surface area contributed by atoms with Crippen molar-refractivity contribution in [2.45, 2.75) is 51.5 Å². The third-order valence-corrected chi connectivity index (χ3v) is 2.84. The Morgan fingerprint density at radius 2 is 2.14 bits per heavy atom. The van der Waals surface area contributed by atoms with E-state index in [1.54, 1.807) is 0 Å². The maximum atomic E-state index is 11.3. The average Bonchev–Trinajstić information content (AvgIpc) is 2.67. The molecule has 0 saturated heterocycles. The van der Waals surface area contributed by atoms with Crippen molar-refractivity contribution in [3.63, 3.8) is 0 Å². The first kappa shape index (κ1) is 11.5. The largest absolute Gasteiger partial charge is 0.464 e. The first-order valence-corrected chi connectivity index (χ1v) is 5.66. The predicted molar refractivity (Wildman–Crippen MR) is 55.8 cm³/mol. The second-order valence-electron chi connectivity index (χ2n) is 4.18. The van der Waals surface area contributed by atoms with Crippen LogP contribution in [0.25, 0.3) is 0 Å². The number of rotatable bonds is 5. The van der Waals surface area contributed by atoms with Gasteiger partial charge in [-0.25, -0.2) is 0 Å². The van der Waals surface area contributed by atoms with Crippen LogP contribution in [0.2, 0.25) is 0 Å². The van der Waals surface area contributed by atoms with Crippen LogP contribution >= 0.6 is 0 Å². The highest BCUT2D eigenvalue weighted by Gasteiger charge is 2.19. The summed E-state index contributed by atoms with van der Waals surface area (Å²) in [7, 11) is 0. The van der Waals surface area contributed by atoms with Gasteiger partial charge in [0, 0.05) is 0 Å². The highest BCUT2D eigenvalue weighted by molar-refractivity contribution is 5.75. The van der Waals surface area contributed by atoms with Crippen LogP contribution in [0.4, 0.5) is 0 Å². The Labute approximate surface area is 86.0 Å². The molecule has 3 heteroatoms.